The molecule has 31 heavy (non-hydrogen) atoms. The normalized spacial score (nSPS) is 17.5. The van der Waals surface area contributed by atoms with Gasteiger partial charge in [-0.25, -0.2) is 4.68 Å². The predicted molar refractivity (Wildman–Crippen MR) is 123 cm³/mol. The number of fused-ring (bicyclic) bond motifs is 1. The molecule has 2 atom stereocenters. The van der Waals surface area contributed by atoms with Crippen LogP contribution in [0.1, 0.15) is 17.2 Å². The van der Waals surface area contributed by atoms with E-state index in [-0.39, 0.29) is 11.9 Å². The van der Waals surface area contributed by atoms with Crippen LogP contribution in [-0.4, -0.2) is 26.0 Å². The number of carbonyl (C=O) groups is 1. The zero-order valence-corrected chi connectivity index (χ0v) is 17.7. The van der Waals surface area contributed by atoms with Crippen LogP contribution in [0.4, 0.5) is 5.69 Å². The van der Waals surface area contributed by atoms with Gasteiger partial charge in [-0.2, -0.15) is 0 Å². The Kier molecular flexibility index (Phi) is 5.18. The largest absolute Gasteiger partial charge is 0.325 e. The molecule has 1 aromatic heterocycles. The molecule has 1 aliphatic heterocycles. The summed E-state index contributed by atoms with van der Waals surface area (Å²) < 4.78 is 1.88. The van der Waals surface area contributed by atoms with Crippen molar-refractivity contribution in [2.24, 2.45) is 0 Å². The zero-order chi connectivity index (χ0) is 21.2. The fourth-order valence-corrected chi connectivity index (χ4v) is 4.76. The average molecular weight is 428 g/mol. The number of rotatable bonds is 4. The van der Waals surface area contributed by atoms with Gasteiger partial charge in [0.15, 0.2) is 5.82 Å². The summed E-state index contributed by atoms with van der Waals surface area (Å²) >= 11 is 1.42. The molecule has 0 saturated carbocycles. The van der Waals surface area contributed by atoms with Crippen LogP contribution in [0.2, 0.25) is 0 Å². The molecular weight excluding hydrogens is 406 g/mol. The van der Waals surface area contributed by atoms with Gasteiger partial charge < -0.3 is 10.7 Å². The smallest absolute Gasteiger partial charge is 0.240 e. The lowest BCUT2D eigenvalue weighted by Gasteiger charge is -2.33. The number of aromatic nitrogens is 3. The molecule has 0 spiro atoms. The van der Waals surface area contributed by atoms with E-state index in [1.54, 1.807) is 0 Å². The summed E-state index contributed by atoms with van der Waals surface area (Å²) in [4.78, 5) is 13.3. The van der Waals surface area contributed by atoms with Gasteiger partial charge in [0.05, 0.1) is 6.04 Å². The highest BCUT2D eigenvalue weighted by molar-refractivity contribution is 8.00. The molecule has 0 unspecified atom stereocenters. The third-order valence-corrected chi connectivity index (χ3v) is 6.39. The Balaban J connectivity index is 1.50. The van der Waals surface area contributed by atoms with Gasteiger partial charge in [0.25, 0.3) is 0 Å². The number of thioether (sulfide) groups is 1. The average Bonchev–Trinajstić information content (AvgIpc) is 3.22. The maximum absolute atomic E-state index is 13.3. The van der Waals surface area contributed by atoms with Gasteiger partial charge in [0.2, 0.25) is 11.1 Å². The second kappa shape index (κ2) is 8.28. The van der Waals surface area contributed by atoms with Gasteiger partial charge in [0.1, 0.15) is 5.25 Å². The summed E-state index contributed by atoms with van der Waals surface area (Å²) in [6, 6.07) is 27.5. The fraction of sp³-hybridized carbons (Fsp3) is 0.125. The molecule has 0 fully saturated rings. The summed E-state index contributed by atoms with van der Waals surface area (Å²) in [6.45, 7) is 2.01. The number of benzene rings is 3. The maximum atomic E-state index is 13.3. The van der Waals surface area contributed by atoms with Gasteiger partial charge in [-0.1, -0.05) is 84.6 Å². The van der Waals surface area contributed by atoms with Gasteiger partial charge >= 0.3 is 0 Å². The molecule has 4 aromatic rings. The van der Waals surface area contributed by atoms with E-state index < -0.39 is 5.25 Å². The standard InChI is InChI=1S/C24H21N5OS/c1-16-9-8-14-19(15-16)25-23(30)21-20(17-10-4-2-5-11-17)28-29-22(26-27-24(29)31-21)18-12-6-3-7-13-18/h2-15,20-21,28H,1H3,(H,25,30)/t20-,21-/m0/s1. The summed E-state index contributed by atoms with van der Waals surface area (Å²) in [5.74, 6) is 0.647. The van der Waals surface area contributed by atoms with Crippen molar-refractivity contribution in [3.8, 4) is 11.4 Å². The Labute approximate surface area is 184 Å². The Morgan fingerprint density at radius 2 is 1.71 bits per heavy atom. The van der Waals surface area contributed by atoms with Crippen LogP contribution >= 0.6 is 11.8 Å². The molecule has 3 aromatic carbocycles. The van der Waals surface area contributed by atoms with E-state index in [0.29, 0.717) is 5.16 Å². The highest BCUT2D eigenvalue weighted by Gasteiger charge is 2.38. The Hall–Kier alpha value is -3.58. The van der Waals surface area contributed by atoms with Gasteiger partial charge in [-0.05, 0) is 30.2 Å². The molecule has 2 heterocycles. The minimum absolute atomic E-state index is 0.0764. The molecule has 0 bridgehead atoms. The van der Waals surface area contributed by atoms with Crippen LogP contribution in [0.5, 0.6) is 0 Å². The lowest BCUT2D eigenvalue weighted by atomic mass is 10.0. The van der Waals surface area contributed by atoms with E-state index in [9.17, 15) is 4.79 Å². The summed E-state index contributed by atoms with van der Waals surface area (Å²) in [6.07, 6.45) is 0. The number of amides is 1. The number of hydrogen-bond acceptors (Lipinski definition) is 5. The number of anilines is 1. The Bertz CT molecular complexity index is 1210. The molecule has 2 N–H and O–H groups in total. The summed E-state index contributed by atoms with van der Waals surface area (Å²) in [7, 11) is 0. The number of hydrogen-bond donors (Lipinski definition) is 2. The quantitative estimate of drug-likeness (QED) is 0.496. The third kappa shape index (κ3) is 3.92. The first-order valence-corrected chi connectivity index (χ1v) is 10.9. The molecule has 0 saturated heterocycles. The SMILES string of the molecule is Cc1cccc(NC(=O)[C@H]2Sc3nnc(-c4ccccc4)n3N[C@H]2c2ccccc2)c1. The molecule has 1 aliphatic rings. The molecule has 6 nitrogen and oxygen atoms in total. The first-order chi connectivity index (χ1) is 15.2. The van der Waals surface area contributed by atoms with Crippen LogP contribution in [0.3, 0.4) is 0 Å². The second-order valence-corrected chi connectivity index (χ2v) is 8.53. The minimum Gasteiger partial charge on any atom is -0.325 e. The van der Waals surface area contributed by atoms with E-state index in [2.05, 4.69) is 20.9 Å². The predicted octanol–water partition coefficient (Wildman–Crippen LogP) is 4.65. The van der Waals surface area contributed by atoms with Crippen molar-refractivity contribution in [3.05, 3.63) is 96.1 Å². The van der Waals surface area contributed by atoms with Gasteiger partial charge in [-0.3, -0.25) is 4.79 Å². The first-order valence-electron chi connectivity index (χ1n) is 10.1. The van der Waals surface area contributed by atoms with Crippen LogP contribution in [0.25, 0.3) is 11.4 Å². The molecule has 5 rings (SSSR count). The van der Waals surface area contributed by atoms with E-state index >= 15 is 0 Å². The number of nitrogens with zero attached hydrogens (tertiary/aromatic N) is 3. The van der Waals surface area contributed by atoms with Crippen LogP contribution in [0, 0.1) is 6.92 Å². The minimum atomic E-state index is -0.414. The lowest BCUT2D eigenvalue weighted by Crippen LogP contribution is -2.41. The zero-order valence-electron chi connectivity index (χ0n) is 16.9. The van der Waals surface area contributed by atoms with E-state index in [4.69, 9.17) is 0 Å². The van der Waals surface area contributed by atoms with Crippen molar-refractivity contribution in [3.63, 3.8) is 0 Å². The van der Waals surface area contributed by atoms with Crippen molar-refractivity contribution < 1.29 is 4.79 Å². The van der Waals surface area contributed by atoms with E-state index in [0.717, 1.165) is 28.2 Å². The number of nitrogens with one attached hydrogen (secondary N) is 2. The summed E-state index contributed by atoms with van der Waals surface area (Å²) in [5.41, 5.74) is 7.37. The lowest BCUT2D eigenvalue weighted by molar-refractivity contribution is -0.116. The van der Waals surface area contributed by atoms with Crippen LogP contribution in [0.15, 0.2) is 90.1 Å². The second-order valence-electron chi connectivity index (χ2n) is 7.42. The number of aryl methyl sites for hydroxylation is 1. The van der Waals surface area contributed by atoms with Gasteiger partial charge in [0, 0.05) is 11.3 Å². The molecule has 0 aliphatic carbocycles. The molecule has 1 amide bonds. The van der Waals surface area contributed by atoms with Crippen molar-refractivity contribution >= 4 is 23.4 Å². The fourth-order valence-electron chi connectivity index (χ4n) is 3.68. The Morgan fingerprint density at radius 1 is 0.968 bits per heavy atom. The monoisotopic (exact) mass is 427 g/mol. The number of carbonyl (C=O) groups excluding carboxylic acids is 1. The van der Waals surface area contributed by atoms with E-state index in [1.165, 1.54) is 11.8 Å². The summed E-state index contributed by atoms with van der Waals surface area (Å²) in [5, 5.41) is 12.0. The highest BCUT2D eigenvalue weighted by Crippen LogP contribution is 2.38. The van der Waals surface area contributed by atoms with Crippen molar-refractivity contribution in [2.45, 2.75) is 23.4 Å². The van der Waals surface area contributed by atoms with Crippen LogP contribution in [-0.2, 0) is 4.79 Å². The molecule has 7 heteroatoms. The highest BCUT2D eigenvalue weighted by atomic mass is 32.2. The van der Waals surface area contributed by atoms with Crippen LogP contribution < -0.4 is 10.7 Å². The van der Waals surface area contributed by atoms with Crippen molar-refractivity contribution in [2.75, 3.05) is 10.7 Å². The molecule has 154 valence electrons. The van der Waals surface area contributed by atoms with Crippen molar-refractivity contribution in [1.29, 1.82) is 0 Å². The van der Waals surface area contributed by atoms with E-state index in [1.807, 2.05) is 96.5 Å². The van der Waals surface area contributed by atoms with Gasteiger partial charge in [-0.15, -0.1) is 10.2 Å². The third-order valence-electron chi connectivity index (χ3n) is 5.17. The maximum Gasteiger partial charge on any atom is 0.240 e. The topological polar surface area (TPSA) is 71.8 Å². The Morgan fingerprint density at radius 3 is 2.45 bits per heavy atom. The molecular formula is C24H21N5OS. The first kappa shape index (κ1) is 19.4. The van der Waals surface area contributed by atoms with Crippen molar-refractivity contribution in [1.82, 2.24) is 14.9 Å². The molecule has 0 radical (unpaired) electrons.